The van der Waals surface area contributed by atoms with Crippen molar-refractivity contribution in [3.05, 3.63) is 18.2 Å². The molecule has 1 aromatic carbocycles. The first-order chi connectivity index (χ1) is 13.6. The fourth-order valence-corrected chi connectivity index (χ4v) is 3.51. The Hall–Kier alpha value is -2.81. The third-order valence-electron chi connectivity index (χ3n) is 5.14. The van der Waals surface area contributed by atoms with Crippen LogP contribution in [0.3, 0.4) is 0 Å². The summed E-state index contributed by atoms with van der Waals surface area (Å²) in [5, 5.41) is 5.64. The molecule has 4 rings (SSSR count). The Balaban J connectivity index is 1.43. The van der Waals surface area contributed by atoms with Crippen LogP contribution in [0.5, 0.6) is 11.5 Å². The molecule has 0 aliphatic carbocycles. The lowest BCUT2D eigenvalue weighted by Crippen LogP contribution is -2.56. The first kappa shape index (κ1) is 18.5. The van der Waals surface area contributed by atoms with Gasteiger partial charge in [0.05, 0.1) is 6.42 Å². The largest absolute Gasteiger partial charge is 0.486 e. The van der Waals surface area contributed by atoms with E-state index in [4.69, 9.17) is 9.47 Å². The average Bonchev–Trinajstić information content (AvgIpc) is 2.73. The SMILES string of the molecule is CCN1CCN(C2=NC(C(=O)Nc3ccc4c(c3)OCCO4)CC(=O)N2)CC1. The molecule has 0 bridgehead atoms. The zero-order valence-electron chi connectivity index (χ0n) is 15.9. The molecule has 1 aromatic rings. The Morgan fingerprint density at radius 2 is 1.96 bits per heavy atom. The van der Waals surface area contributed by atoms with Crippen molar-refractivity contribution in [1.29, 1.82) is 0 Å². The molecule has 1 unspecified atom stereocenters. The molecule has 1 saturated heterocycles. The van der Waals surface area contributed by atoms with Crippen molar-refractivity contribution in [2.24, 2.45) is 4.99 Å². The van der Waals surface area contributed by atoms with Crippen molar-refractivity contribution in [2.75, 3.05) is 51.3 Å². The third-order valence-corrected chi connectivity index (χ3v) is 5.14. The maximum absolute atomic E-state index is 12.7. The standard InChI is InChI=1S/C19H25N5O4/c1-2-23-5-7-24(8-6-23)19-21-14(12-17(25)22-19)18(26)20-13-3-4-15-16(11-13)28-10-9-27-15/h3-4,11,14H,2,5-10,12H2,1H3,(H,20,26)(H,21,22,25). The van der Waals surface area contributed by atoms with Crippen LogP contribution in [0.1, 0.15) is 13.3 Å². The molecule has 1 atom stereocenters. The minimum Gasteiger partial charge on any atom is -0.486 e. The van der Waals surface area contributed by atoms with Gasteiger partial charge in [-0.1, -0.05) is 6.92 Å². The fraction of sp³-hybridized carbons (Fsp3) is 0.526. The summed E-state index contributed by atoms with van der Waals surface area (Å²) in [5.74, 6) is 1.26. The first-order valence-electron chi connectivity index (χ1n) is 9.68. The molecule has 9 heteroatoms. The highest BCUT2D eigenvalue weighted by atomic mass is 16.6. The second-order valence-corrected chi connectivity index (χ2v) is 6.99. The van der Waals surface area contributed by atoms with Crippen molar-refractivity contribution in [2.45, 2.75) is 19.4 Å². The van der Waals surface area contributed by atoms with E-state index < -0.39 is 6.04 Å². The zero-order chi connectivity index (χ0) is 19.5. The number of hydrogen-bond donors (Lipinski definition) is 2. The number of aliphatic imine (C=N–C) groups is 1. The monoisotopic (exact) mass is 387 g/mol. The smallest absolute Gasteiger partial charge is 0.249 e. The minimum absolute atomic E-state index is 0.0365. The Bertz CT molecular complexity index is 789. The normalized spacial score (nSPS) is 22.3. The molecule has 3 heterocycles. The van der Waals surface area contributed by atoms with Crippen LogP contribution in [0.15, 0.2) is 23.2 Å². The van der Waals surface area contributed by atoms with Gasteiger partial charge in [0.2, 0.25) is 17.8 Å². The summed E-state index contributed by atoms with van der Waals surface area (Å²) in [4.78, 5) is 33.8. The van der Waals surface area contributed by atoms with E-state index >= 15 is 0 Å². The number of fused-ring (bicyclic) bond motifs is 1. The number of anilines is 1. The van der Waals surface area contributed by atoms with Gasteiger partial charge >= 0.3 is 0 Å². The lowest BCUT2D eigenvalue weighted by molar-refractivity contribution is -0.125. The van der Waals surface area contributed by atoms with Crippen LogP contribution in [-0.2, 0) is 9.59 Å². The number of likely N-dealkylation sites (N-methyl/N-ethyl adjacent to an activating group) is 1. The van der Waals surface area contributed by atoms with E-state index in [1.165, 1.54) is 0 Å². The lowest BCUT2D eigenvalue weighted by atomic mass is 10.1. The van der Waals surface area contributed by atoms with Crippen LogP contribution < -0.4 is 20.1 Å². The van der Waals surface area contributed by atoms with E-state index in [9.17, 15) is 9.59 Å². The minimum atomic E-state index is -0.749. The Kier molecular flexibility index (Phi) is 5.34. The van der Waals surface area contributed by atoms with E-state index in [0.29, 0.717) is 36.4 Å². The van der Waals surface area contributed by atoms with E-state index in [1.54, 1.807) is 18.2 Å². The van der Waals surface area contributed by atoms with Gasteiger partial charge in [-0.25, -0.2) is 4.99 Å². The van der Waals surface area contributed by atoms with E-state index in [-0.39, 0.29) is 18.2 Å². The van der Waals surface area contributed by atoms with Gasteiger partial charge in [-0.3, -0.25) is 14.9 Å². The molecule has 0 radical (unpaired) electrons. The number of guanidine groups is 1. The molecule has 0 saturated carbocycles. The first-order valence-corrected chi connectivity index (χ1v) is 9.68. The average molecular weight is 387 g/mol. The second-order valence-electron chi connectivity index (χ2n) is 6.99. The van der Waals surface area contributed by atoms with Crippen molar-refractivity contribution in [1.82, 2.24) is 15.1 Å². The highest BCUT2D eigenvalue weighted by Gasteiger charge is 2.30. The summed E-state index contributed by atoms with van der Waals surface area (Å²) < 4.78 is 11.0. The summed E-state index contributed by atoms with van der Waals surface area (Å²) in [5.41, 5.74) is 0.591. The second kappa shape index (κ2) is 8.05. The predicted molar refractivity (Wildman–Crippen MR) is 104 cm³/mol. The molecule has 1 fully saturated rings. The van der Waals surface area contributed by atoms with Crippen LogP contribution in [0.25, 0.3) is 0 Å². The lowest BCUT2D eigenvalue weighted by Gasteiger charge is -2.37. The maximum Gasteiger partial charge on any atom is 0.249 e. The van der Waals surface area contributed by atoms with Crippen molar-refractivity contribution in [3.8, 4) is 11.5 Å². The van der Waals surface area contributed by atoms with Crippen molar-refractivity contribution >= 4 is 23.5 Å². The molecule has 0 spiro atoms. The maximum atomic E-state index is 12.7. The number of nitrogens with zero attached hydrogens (tertiary/aromatic N) is 3. The van der Waals surface area contributed by atoms with Crippen LogP contribution in [-0.4, -0.2) is 79.6 Å². The molecule has 3 aliphatic heterocycles. The van der Waals surface area contributed by atoms with Crippen molar-refractivity contribution < 1.29 is 19.1 Å². The number of hydrogen-bond acceptors (Lipinski definition) is 7. The molecule has 9 nitrogen and oxygen atoms in total. The highest BCUT2D eigenvalue weighted by Crippen LogP contribution is 2.32. The summed E-state index contributed by atoms with van der Waals surface area (Å²) in [6.07, 6.45) is 0.0365. The highest BCUT2D eigenvalue weighted by molar-refractivity contribution is 6.06. The number of rotatable bonds is 3. The molecule has 28 heavy (non-hydrogen) atoms. The van der Waals surface area contributed by atoms with Gasteiger partial charge in [0.25, 0.3) is 0 Å². The van der Waals surface area contributed by atoms with Gasteiger partial charge in [-0.15, -0.1) is 0 Å². The van der Waals surface area contributed by atoms with E-state index in [0.717, 1.165) is 32.7 Å². The van der Waals surface area contributed by atoms with E-state index in [1.807, 2.05) is 4.90 Å². The van der Waals surface area contributed by atoms with Crippen LogP contribution in [0.4, 0.5) is 5.69 Å². The summed E-state index contributed by atoms with van der Waals surface area (Å²) >= 11 is 0. The van der Waals surface area contributed by atoms with Crippen LogP contribution >= 0.6 is 0 Å². The van der Waals surface area contributed by atoms with Gasteiger partial charge in [0, 0.05) is 37.9 Å². The van der Waals surface area contributed by atoms with Crippen LogP contribution in [0, 0.1) is 0 Å². The molecule has 0 aromatic heterocycles. The number of nitrogens with one attached hydrogen (secondary N) is 2. The number of carbonyl (C=O) groups excluding carboxylic acids is 2. The Morgan fingerprint density at radius 1 is 1.21 bits per heavy atom. The number of amides is 2. The van der Waals surface area contributed by atoms with Crippen LogP contribution in [0.2, 0.25) is 0 Å². The zero-order valence-corrected chi connectivity index (χ0v) is 15.9. The Morgan fingerprint density at radius 3 is 2.71 bits per heavy atom. The molecular weight excluding hydrogens is 362 g/mol. The number of ether oxygens (including phenoxy) is 2. The molecular formula is C19H25N5O4. The summed E-state index contributed by atoms with van der Waals surface area (Å²) in [6, 6.07) is 4.49. The number of piperazine rings is 1. The van der Waals surface area contributed by atoms with Gasteiger partial charge in [0.15, 0.2) is 11.5 Å². The third kappa shape index (κ3) is 4.04. The van der Waals surface area contributed by atoms with Crippen molar-refractivity contribution in [3.63, 3.8) is 0 Å². The molecule has 3 aliphatic rings. The number of carbonyl (C=O) groups is 2. The topological polar surface area (TPSA) is 95.5 Å². The number of benzene rings is 1. The molecule has 2 amide bonds. The van der Waals surface area contributed by atoms with Gasteiger partial charge < -0.3 is 24.6 Å². The van der Waals surface area contributed by atoms with Gasteiger partial charge in [0.1, 0.15) is 19.3 Å². The van der Waals surface area contributed by atoms with Gasteiger partial charge in [-0.2, -0.15) is 0 Å². The van der Waals surface area contributed by atoms with Gasteiger partial charge in [-0.05, 0) is 18.7 Å². The summed E-state index contributed by atoms with van der Waals surface area (Å²) in [6.45, 7) is 7.53. The fourth-order valence-electron chi connectivity index (χ4n) is 3.51. The Labute approximate surface area is 163 Å². The van der Waals surface area contributed by atoms with E-state index in [2.05, 4.69) is 27.4 Å². The quantitative estimate of drug-likeness (QED) is 0.774. The summed E-state index contributed by atoms with van der Waals surface area (Å²) in [7, 11) is 0. The predicted octanol–water partition coefficient (Wildman–Crippen LogP) is 0.278. The molecule has 150 valence electrons. The molecule has 2 N–H and O–H groups in total.